The first-order valence-corrected chi connectivity index (χ1v) is 7.64. The zero-order valence-electron chi connectivity index (χ0n) is 14.1. The second-order valence-electron chi connectivity index (χ2n) is 6.63. The Kier molecular flexibility index (Phi) is 5.26. The van der Waals surface area contributed by atoms with Gasteiger partial charge in [0.2, 0.25) is 0 Å². The molecule has 2 rings (SSSR count). The largest absolute Gasteiger partial charge is 0.467 e. The Morgan fingerprint density at radius 2 is 1.87 bits per heavy atom. The predicted octanol–water partition coefficient (Wildman–Crippen LogP) is 2.24. The van der Waals surface area contributed by atoms with E-state index in [2.05, 4.69) is 0 Å². The van der Waals surface area contributed by atoms with Crippen LogP contribution in [0.1, 0.15) is 26.3 Å². The molecule has 1 aliphatic heterocycles. The smallest absolute Gasteiger partial charge is 0.412 e. The van der Waals surface area contributed by atoms with E-state index in [1.165, 1.54) is 12.0 Å². The molecule has 1 aromatic rings. The Morgan fingerprint density at radius 3 is 2.43 bits per heavy atom. The van der Waals surface area contributed by atoms with Crippen molar-refractivity contribution in [3.8, 4) is 0 Å². The average Bonchev–Trinajstić information content (AvgIpc) is 2.90. The summed E-state index contributed by atoms with van der Waals surface area (Å²) in [5.41, 5.74) is 0.520. The molecule has 1 amide bonds. The van der Waals surface area contributed by atoms with Crippen molar-refractivity contribution in [2.75, 3.05) is 20.3 Å². The highest BCUT2D eigenvalue weighted by Gasteiger charge is 2.41. The molecule has 23 heavy (non-hydrogen) atoms. The van der Waals surface area contributed by atoms with Crippen molar-refractivity contribution in [2.45, 2.75) is 39.0 Å². The lowest BCUT2D eigenvalue weighted by Gasteiger charge is -2.26. The first-order valence-electron chi connectivity index (χ1n) is 7.64. The summed E-state index contributed by atoms with van der Waals surface area (Å²) in [4.78, 5) is 27.8. The third kappa shape index (κ3) is 4.69. The summed E-state index contributed by atoms with van der Waals surface area (Å²) in [7, 11) is 1.33. The first kappa shape index (κ1) is 17.3. The number of amides is 1. The van der Waals surface area contributed by atoms with Crippen LogP contribution in [0.15, 0.2) is 30.3 Å². The van der Waals surface area contributed by atoms with Gasteiger partial charge >= 0.3 is 12.1 Å². The fourth-order valence-corrected chi connectivity index (χ4v) is 2.51. The molecule has 1 unspecified atom stereocenters. The van der Waals surface area contributed by atoms with E-state index < -0.39 is 23.7 Å². The molecule has 0 aliphatic carbocycles. The van der Waals surface area contributed by atoms with Crippen LogP contribution in [-0.4, -0.2) is 53.8 Å². The number of carbonyl (C=O) groups excluding carboxylic acids is 2. The number of hydrogen-bond acceptors (Lipinski definition) is 5. The van der Waals surface area contributed by atoms with Crippen molar-refractivity contribution < 1.29 is 19.1 Å². The lowest BCUT2D eigenvalue weighted by atomic mass is 10.2. The maximum absolute atomic E-state index is 12.4. The Hall–Kier alpha value is -2.08. The van der Waals surface area contributed by atoms with Crippen LogP contribution in [0.3, 0.4) is 0 Å². The van der Waals surface area contributed by atoms with Crippen molar-refractivity contribution in [3.63, 3.8) is 0 Å². The molecule has 0 bridgehead atoms. The summed E-state index contributed by atoms with van der Waals surface area (Å²) in [6.07, 6.45) is -0.497. The lowest BCUT2D eigenvalue weighted by Crippen LogP contribution is -2.44. The summed E-state index contributed by atoms with van der Waals surface area (Å²) in [6, 6.07) is 9.28. The highest BCUT2D eigenvalue weighted by atomic mass is 16.6. The summed E-state index contributed by atoms with van der Waals surface area (Å²) < 4.78 is 10.2. The average molecular weight is 320 g/mol. The van der Waals surface area contributed by atoms with Crippen LogP contribution in [0, 0.1) is 0 Å². The van der Waals surface area contributed by atoms with Gasteiger partial charge in [-0.1, -0.05) is 30.3 Å². The minimum Gasteiger partial charge on any atom is -0.467 e. The standard InChI is InChI=1S/C17H24N2O4/c1-17(2,3)23-16(21)19-12-18(11-14(19)15(20)22-4)10-13-8-6-5-7-9-13/h5-9,14H,10-12H2,1-4H3. The van der Waals surface area contributed by atoms with E-state index in [0.29, 0.717) is 19.8 Å². The third-order valence-corrected chi connectivity index (χ3v) is 3.51. The molecule has 1 atom stereocenters. The van der Waals surface area contributed by atoms with E-state index in [9.17, 15) is 9.59 Å². The van der Waals surface area contributed by atoms with Crippen molar-refractivity contribution in [2.24, 2.45) is 0 Å². The van der Waals surface area contributed by atoms with E-state index in [1.54, 1.807) is 20.8 Å². The molecule has 1 saturated heterocycles. The quantitative estimate of drug-likeness (QED) is 0.799. The van der Waals surface area contributed by atoms with Crippen molar-refractivity contribution in [1.29, 1.82) is 0 Å². The van der Waals surface area contributed by atoms with E-state index >= 15 is 0 Å². The molecular weight excluding hydrogens is 296 g/mol. The van der Waals surface area contributed by atoms with Gasteiger partial charge in [0.15, 0.2) is 0 Å². The molecule has 0 saturated carbocycles. The molecule has 0 spiro atoms. The van der Waals surface area contributed by atoms with Gasteiger partial charge in [0.25, 0.3) is 0 Å². The molecule has 0 aromatic heterocycles. The molecule has 1 heterocycles. The van der Waals surface area contributed by atoms with Gasteiger partial charge in [-0.05, 0) is 26.3 Å². The summed E-state index contributed by atoms with van der Waals surface area (Å²) in [5.74, 6) is -0.425. The number of hydrogen-bond donors (Lipinski definition) is 0. The summed E-state index contributed by atoms with van der Waals surface area (Å²) in [5, 5.41) is 0. The van der Waals surface area contributed by atoms with Gasteiger partial charge in [0.05, 0.1) is 13.8 Å². The molecule has 1 aliphatic rings. The fraction of sp³-hybridized carbons (Fsp3) is 0.529. The second kappa shape index (κ2) is 7.00. The summed E-state index contributed by atoms with van der Waals surface area (Å²) >= 11 is 0. The van der Waals surface area contributed by atoms with Crippen LogP contribution in [0.25, 0.3) is 0 Å². The van der Waals surface area contributed by atoms with Crippen molar-refractivity contribution >= 4 is 12.1 Å². The van der Waals surface area contributed by atoms with Crippen LogP contribution in [0.4, 0.5) is 4.79 Å². The van der Waals surface area contributed by atoms with Gasteiger partial charge in [-0.3, -0.25) is 9.80 Å². The molecule has 6 heteroatoms. The Balaban J connectivity index is 2.09. The van der Waals surface area contributed by atoms with Crippen LogP contribution in [0.5, 0.6) is 0 Å². The molecular formula is C17H24N2O4. The van der Waals surface area contributed by atoms with Gasteiger partial charge < -0.3 is 9.47 Å². The molecule has 0 radical (unpaired) electrons. The molecule has 0 N–H and O–H groups in total. The first-order chi connectivity index (χ1) is 10.8. The minimum absolute atomic E-state index is 0.337. The van der Waals surface area contributed by atoms with Gasteiger partial charge in [-0.2, -0.15) is 0 Å². The van der Waals surface area contributed by atoms with Gasteiger partial charge in [0.1, 0.15) is 11.6 Å². The summed E-state index contributed by atoms with van der Waals surface area (Å²) in [6.45, 7) is 6.83. The van der Waals surface area contributed by atoms with E-state index in [-0.39, 0.29) is 0 Å². The maximum Gasteiger partial charge on any atom is 0.412 e. The molecule has 1 fully saturated rings. The maximum atomic E-state index is 12.4. The molecule has 126 valence electrons. The fourth-order valence-electron chi connectivity index (χ4n) is 2.51. The third-order valence-electron chi connectivity index (χ3n) is 3.51. The number of methoxy groups -OCH3 is 1. The van der Waals surface area contributed by atoms with E-state index in [1.807, 2.05) is 35.2 Å². The van der Waals surface area contributed by atoms with Crippen LogP contribution < -0.4 is 0 Å². The van der Waals surface area contributed by atoms with E-state index in [0.717, 1.165) is 5.56 Å². The van der Waals surface area contributed by atoms with Crippen molar-refractivity contribution in [1.82, 2.24) is 9.80 Å². The van der Waals surface area contributed by atoms with Crippen LogP contribution in [0.2, 0.25) is 0 Å². The van der Waals surface area contributed by atoms with E-state index in [4.69, 9.17) is 9.47 Å². The van der Waals surface area contributed by atoms with Gasteiger partial charge in [-0.25, -0.2) is 9.59 Å². The Bertz CT molecular complexity index is 553. The topological polar surface area (TPSA) is 59.1 Å². The number of nitrogens with zero attached hydrogens (tertiary/aromatic N) is 2. The van der Waals surface area contributed by atoms with Crippen LogP contribution >= 0.6 is 0 Å². The number of benzene rings is 1. The highest BCUT2D eigenvalue weighted by molar-refractivity contribution is 5.82. The van der Waals surface area contributed by atoms with Gasteiger partial charge in [-0.15, -0.1) is 0 Å². The van der Waals surface area contributed by atoms with Gasteiger partial charge in [0, 0.05) is 13.1 Å². The zero-order valence-corrected chi connectivity index (χ0v) is 14.1. The number of carbonyl (C=O) groups is 2. The monoisotopic (exact) mass is 320 g/mol. The van der Waals surface area contributed by atoms with Crippen molar-refractivity contribution in [3.05, 3.63) is 35.9 Å². The normalized spacial score (nSPS) is 18.8. The molecule has 1 aromatic carbocycles. The Labute approximate surface area is 137 Å². The lowest BCUT2D eigenvalue weighted by molar-refractivity contribution is -0.145. The second-order valence-corrected chi connectivity index (χ2v) is 6.63. The van der Waals surface area contributed by atoms with Crippen LogP contribution in [-0.2, 0) is 20.8 Å². The minimum atomic E-state index is -0.640. The zero-order chi connectivity index (χ0) is 17.0. The SMILES string of the molecule is COC(=O)C1CN(Cc2ccccc2)CN1C(=O)OC(C)(C)C. The molecule has 6 nitrogen and oxygen atoms in total. The Morgan fingerprint density at radius 1 is 1.22 bits per heavy atom. The highest BCUT2D eigenvalue weighted by Crippen LogP contribution is 2.20. The predicted molar refractivity (Wildman–Crippen MR) is 85.6 cm³/mol. The number of rotatable bonds is 3. The number of ether oxygens (including phenoxy) is 2. The number of esters is 1.